The molecule has 1 aliphatic rings. The Morgan fingerprint density at radius 2 is 2.19 bits per heavy atom. The summed E-state index contributed by atoms with van der Waals surface area (Å²) < 4.78 is 0. The van der Waals surface area contributed by atoms with Gasteiger partial charge in [0.1, 0.15) is 0 Å². The molecule has 1 aromatic rings. The van der Waals surface area contributed by atoms with Crippen LogP contribution in [0, 0.1) is 5.92 Å². The molecule has 4 heteroatoms. The lowest BCUT2D eigenvalue weighted by atomic mass is 10.1. The molecule has 1 aromatic heterocycles. The minimum Gasteiger partial charge on any atom is -0.341 e. The summed E-state index contributed by atoms with van der Waals surface area (Å²) in [6, 6.07) is 1.99. The molecule has 4 nitrogen and oxygen atoms in total. The van der Waals surface area contributed by atoms with Gasteiger partial charge >= 0.3 is 0 Å². The molecule has 2 heterocycles. The molecule has 0 aliphatic carbocycles. The zero-order valence-corrected chi connectivity index (χ0v) is 9.89. The summed E-state index contributed by atoms with van der Waals surface area (Å²) in [5, 5.41) is 0. The Morgan fingerprint density at radius 1 is 1.44 bits per heavy atom. The normalized spacial score (nSPS) is 17.8. The fourth-order valence-corrected chi connectivity index (χ4v) is 2.01. The Kier molecular flexibility index (Phi) is 3.72. The predicted molar refractivity (Wildman–Crippen MR) is 65.4 cm³/mol. The van der Waals surface area contributed by atoms with Crippen LogP contribution in [0.15, 0.2) is 12.3 Å². The molecule has 1 aliphatic heterocycles. The quantitative estimate of drug-likeness (QED) is 0.828. The Balaban J connectivity index is 2.06. The van der Waals surface area contributed by atoms with E-state index in [1.54, 1.807) is 0 Å². The van der Waals surface area contributed by atoms with Crippen molar-refractivity contribution < 1.29 is 0 Å². The number of hydrogen-bond acceptors (Lipinski definition) is 4. The van der Waals surface area contributed by atoms with Crippen LogP contribution in [0.3, 0.4) is 0 Å². The third-order valence-corrected chi connectivity index (χ3v) is 3.05. The van der Waals surface area contributed by atoms with Crippen LogP contribution >= 0.6 is 0 Å². The van der Waals surface area contributed by atoms with Gasteiger partial charge in [0.25, 0.3) is 0 Å². The van der Waals surface area contributed by atoms with Crippen LogP contribution in [0.25, 0.3) is 0 Å². The maximum absolute atomic E-state index is 5.63. The van der Waals surface area contributed by atoms with Gasteiger partial charge in [0.05, 0.1) is 0 Å². The van der Waals surface area contributed by atoms with Gasteiger partial charge in [0.2, 0.25) is 5.95 Å². The van der Waals surface area contributed by atoms with Crippen LogP contribution in [0.4, 0.5) is 5.95 Å². The summed E-state index contributed by atoms with van der Waals surface area (Å²) in [5.41, 5.74) is 6.73. The Hall–Kier alpha value is -1.16. The molecule has 0 bridgehead atoms. The summed E-state index contributed by atoms with van der Waals surface area (Å²) in [5.74, 6) is 1.38. The predicted octanol–water partition coefficient (Wildman–Crippen LogP) is 1.21. The van der Waals surface area contributed by atoms with E-state index < -0.39 is 0 Å². The van der Waals surface area contributed by atoms with E-state index >= 15 is 0 Å². The van der Waals surface area contributed by atoms with E-state index in [0.29, 0.717) is 12.5 Å². The number of anilines is 1. The number of rotatable bonds is 4. The molecule has 0 radical (unpaired) electrons. The summed E-state index contributed by atoms with van der Waals surface area (Å²) in [6.45, 7) is 5.05. The van der Waals surface area contributed by atoms with Gasteiger partial charge in [-0.1, -0.05) is 6.92 Å². The van der Waals surface area contributed by atoms with Crippen LogP contribution in [0.2, 0.25) is 0 Å². The first-order valence-electron chi connectivity index (χ1n) is 6.06. The Morgan fingerprint density at radius 3 is 2.88 bits per heavy atom. The SMILES string of the molecule is CC(CN)Cc1ccnc(N2CCCC2)n1. The van der Waals surface area contributed by atoms with Gasteiger partial charge in [-0.3, -0.25) is 0 Å². The van der Waals surface area contributed by atoms with Gasteiger partial charge in [-0.05, 0) is 37.8 Å². The van der Waals surface area contributed by atoms with Gasteiger partial charge in [-0.15, -0.1) is 0 Å². The molecule has 1 unspecified atom stereocenters. The third kappa shape index (κ3) is 2.70. The van der Waals surface area contributed by atoms with Gasteiger partial charge in [0.15, 0.2) is 0 Å². The van der Waals surface area contributed by atoms with Gasteiger partial charge < -0.3 is 10.6 Å². The largest absolute Gasteiger partial charge is 0.341 e. The first-order valence-corrected chi connectivity index (χ1v) is 6.06. The van der Waals surface area contributed by atoms with Crippen LogP contribution in [0.1, 0.15) is 25.5 Å². The summed E-state index contributed by atoms with van der Waals surface area (Å²) in [6.07, 6.45) is 5.32. The van der Waals surface area contributed by atoms with Gasteiger partial charge in [-0.2, -0.15) is 0 Å². The topological polar surface area (TPSA) is 55.0 Å². The molecule has 88 valence electrons. The molecule has 0 aromatic carbocycles. The van der Waals surface area contributed by atoms with Gasteiger partial charge in [0, 0.05) is 25.0 Å². The lowest BCUT2D eigenvalue weighted by Crippen LogP contribution is -2.21. The van der Waals surface area contributed by atoms with E-state index in [4.69, 9.17) is 5.73 Å². The average Bonchev–Trinajstić information content (AvgIpc) is 2.83. The van der Waals surface area contributed by atoms with E-state index in [1.165, 1.54) is 12.8 Å². The highest BCUT2D eigenvalue weighted by Gasteiger charge is 2.15. The average molecular weight is 220 g/mol. The van der Waals surface area contributed by atoms with Gasteiger partial charge in [-0.25, -0.2) is 9.97 Å². The fourth-order valence-electron chi connectivity index (χ4n) is 2.01. The molecule has 0 saturated carbocycles. The molecule has 16 heavy (non-hydrogen) atoms. The second-order valence-corrected chi connectivity index (χ2v) is 4.59. The second-order valence-electron chi connectivity index (χ2n) is 4.59. The number of nitrogens with zero attached hydrogens (tertiary/aromatic N) is 3. The zero-order chi connectivity index (χ0) is 11.4. The third-order valence-electron chi connectivity index (χ3n) is 3.05. The highest BCUT2D eigenvalue weighted by molar-refractivity contribution is 5.31. The molecular formula is C12H20N4. The number of hydrogen-bond donors (Lipinski definition) is 1. The summed E-state index contributed by atoms with van der Waals surface area (Å²) in [4.78, 5) is 11.2. The molecule has 0 spiro atoms. The highest BCUT2D eigenvalue weighted by Crippen LogP contribution is 2.16. The van der Waals surface area contributed by atoms with Crippen molar-refractivity contribution in [1.29, 1.82) is 0 Å². The van der Waals surface area contributed by atoms with E-state index in [0.717, 1.165) is 31.2 Å². The highest BCUT2D eigenvalue weighted by atomic mass is 15.3. The molecule has 1 atom stereocenters. The Labute approximate surface area is 96.9 Å². The molecular weight excluding hydrogens is 200 g/mol. The van der Waals surface area contributed by atoms with Crippen molar-refractivity contribution in [2.75, 3.05) is 24.5 Å². The van der Waals surface area contributed by atoms with Crippen molar-refractivity contribution in [2.24, 2.45) is 11.7 Å². The number of aromatic nitrogens is 2. The van der Waals surface area contributed by atoms with Crippen LogP contribution < -0.4 is 10.6 Å². The standard InChI is InChI=1S/C12H20N4/c1-10(9-13)8-11-4-5-14-12(15-11)16-6-2-3-7-16/h4-5,10H,2-3,6-9,13H2,1H3. The van der Waals surface area contributed by atoms with E-state index in [2.05, 4.69) is 21.8 Å². The molecule has 1 saturated heterocycles. The molecule has 0 amide bonds. The van der Waals surface area contributed by atoms with E-state index in [-0.39, 0.29) is 0 Å². The lowest BCUT2D eigenvalue weighted by Gasteiger charge is -2.16. The second kappa shape index (κ2) is 5.25. The Bertz CT molecular complexity index is 334. The van der Waals surface area contributed by atoms with Crippen LogP contribution in [-0.4, -0.2) is 29.6 Å². The van der Waals surface area contributed by atoms with Crippen LogP contribution in [-0.2, 0) is 6.42 Å². The van der Waals surface area contributed by atoms with Crippen molar-refractivity contribution in [3.8, 4) is 0 Å². The summed E-state index contributed by atoms with van der Waals surface area (Å²) in [7, 11) is 0. The monoisotopic (exact) mass is 220 g/mol. The molecule has 2 rings (SSSR count). The first kappa shape index (κ1) is 11.3. The minimum atomic E-state index is 0.487. The van der Waals surface area contributed by atoms with Crippen molar-refractivity contribution in [2.45, 2.75) is 26.2 Å². The molecule has 1 fully saturated rings. The van der Waals surface area contributed by atoms with Crippen LogP contribution in [0.5, 0.6) is 0 Å². The van der Waals surface area contributed by atoms with Crippen molar-refractivity contribution in [1.82, 2.24) is 9.97 Å². The fraction of sp³-hybridized carbons (Fsp3) is 0.667. The maximum Gasteiger partial charge on any atom is 0.225 e. The van der Waals surface area contributed by atoms with E-state index in [9.17, 15) is 0 Å². The number of nitrogens with two attached hydrogens (primary N) is 1. The minimum absolute atomic E-state index is 0.487. The zero-order valence-electron chi connectivity index (χ0n) is 9.89. The van der Waals surface area contributed by atoms with Crippen molar-refractivity contribution in [3.05, 3.63) is 18.0 Å². The lowest BCUT2D eigenvalue weighted by molar-refractivity contribution is 0.583. The summed E-state index contributed by atoms with van der Waals surface area (Å²) >= 11 is 0. The first-order chi connectivity index (χ1) is 7.79. The molecule has 2 N–H and O–H groups in total. The van der Waals surface area contributed by atoms with E-state index in [1.807, 2.05) is 12.3 Å². The smallest absolute Gasteiger partial charge is 0.225 e. The van der Waals surface area contributed by atoms with Crippen molar-refractivity contribution >= 4 is 5.95 Å². The maximum atomic E-state index is 5.63. The van der Waals surface area contributed by atoms with Crippen molar-refractivity contribution in [3.63, 3.8) is 0 Å².